The van der Waals surface area contributed by atoms with Gasteiger partial charge in [0.15, 0.2) is 0 Å². The third kappa shape index (κ3) is 3.42. The molecule has 0 atom stereocenters. The van der Waals surface area contributed by atoms with E-state index in [9.17, 15) is 4.79 Å². The molecule has 0 bridgehead atoms. The fourth-order valence-electron chi connectivity index (χ4n) is 1.22. The first kappa shape index (κ1) is 12.8. The van der Waals surface area contributed by atoms with Crippen molar-refractivity contribution in [2.75, 3.05) is 13.7 Å². The number of halogens is 1. The van der Waals surface area contributed by atoms with Crippen LogP contribution in [0.4, 0.5) is 0 Å². The van der Waals surface area contributed by atoms with Crippen molar-refractivity contribution < 1.29 is 14.3 Å². The van der Waals surface area contributed by atoms with Gasteiger partial charge in [0.1, 0.15) is 11.3 Å². The van der Waals surface area contributed by atoms with Gasteiger partial charge >= 0.3 is 5.97 Å². The summed E-state index contributed by atoms with van der Waals surface area (Å²) in [6.07, 6.45) is 1.85. The van der Waals surface area contributed by atoms with Crippen LogP contribution in [0.25, 0.3) is 0 Å². The van der Waals surface area contributed by atoms with Crippen LogP contribution in [0.15, 0.2) is 18.2 Å². The fraction of sp³-hybridized carbons (Fsp3) is 0.417. The quantitative estimate of drug-likeness (QED) is 0.587. The second-order valence-electron chi connectivity index (χ2n) is 3.33. The molecule has 0 aliphatic rings. The first-order valence-corrected chi connectivity index (χ1v) is 5.57. The topological polar surface area (TPSA) is 35.5 Å². The number of esters is 1. The van der Waals surface area contributed by atoms with E-state index in [4.69, 9.17) is 21.1 Å². The predicted molar refractivity (Wildman–Crippen MR) is 63.2 cm³/mol. The molecular weight excluding hydrogens is 228 g/mol. The maximum absolute atomic E-state index is 11.7. The summed E-state index contributed by atoms with van der Waals surface area (Å²) >= 11 is 5.79. The highest BCUT2D eigenvalue weighted by molar-refractivity contribution is 6.30. The largest absolute Gasteiger partial charge is 0.496 e. The molecule has 4 heteroatoms. The van der Waals surface area contributed by atoms with E-state index in [0.29, 0.717) is 22.9 Å². The molecular formula is C12H15ClO3. The standard InChI is InChI=1S/C12H15ClO3/c1-3-4-7-16-12(14)10-6-5-9(13)8-11(10)15-2/h5-6,8H,3-4,7H2,1-2H3. The van der Waals surface area contributed by atoms with Crippen LogP contribution in [-0.2, 0) is 4.74 Å². The fourth-order valence-corrected chi connectivity index (χ4v) is 1.38. The molecule has 0 aromatic heterocycles. The van der Waals surface area contributed by atoms with Crippen molar-refractivity contribution in [3.63, 3.8) is 0 Å². The molecule has 0 saturated heterocycles. The van der Waals surface area contributed by atoms with Gasteiger partial charge in [-0.1, -0.05) is 24.9 Å². The highest BCUT2D eigenvalue weighted by atomic mass is 35.5. The Bertz CT molecular complexity index is 363. The molecule has 0 radical (unpaired) electrons. The Hall–Kier alpha value is -1.22. The summed E-state index contributed by atoms with van der Waals surface area (Å²) in [7, 11) is 1.49. The lowest BCUT2D eigenvalue weighted by molar-refractivity contribution is 0.0496. The van der Waals surface area contributed by atoms with Crippen molar-refractivity contribution in [1.29, 1.82) is 0 Å². The maximum atomic E-state index is 11.7. The predicted octanol–water partition coefficient (Wildman–Crippen LogP) is 3.31. The van der Waals surface area contributed by atoms with Crippen LogP contribution >= 0.6 is 11.6 Å². The molecule has 1 rings (SSSR count). The first-order valence-electron chi connectivity index (χ1n) is 5.19. The Morgan fingerprint density at radius 3 is 2.81 bits per heavy atom. The van der Waals surface area contributed by atoms with Gasteiger partial charge in [0, 0.05) is 5.02 Å². The molecule has 0 spiro atoms. The molecule has 1 aromatic rings. The van der Waals surface area contributed by atoms with Gasteiger partial charge in [-0.3, -0.25) is 0 Å². The van der Waals surface area contributed by atoms with Gasteiger partial charge in [-0.15, -0.1) is 0 Å². The highest BCUT2D eigenvalue weighted by Crippen LogP contribution is 2.23. The third-order valence-corrected chi connectivity index (χ3v) is 2.35. The highest BCUT2D eigenvalue weighted by Gasteiger charge is 2.13. The van der Waals surface area contributed by atoms with Crippen molar-refractivity contribution in [2.24, 2.45) is 0 Å². The summed E-state index contributed by atoms with van der Waals surface area (Å²) in [5, 5.41) is 0.530. The number of rotatable bonds is 5. The molecule has 0 fully saturated rings. The van der Waals surface area contributed by atoms with Gasteiger partial charge in [-0.2, -0.15) is 0 Å². The summed E-state index contributed by atoms with van der Waals surface area (Å²) in [6, 6.07) is 4.84. The Kier molecular flexibility index (Phi) is 5.12. The molecule has 0 saturated carbocycles. The molecule has 3 nitrogen and oxygen atoms in total. The third-order valence-electron chi connectivity index (χ3n) is 2.11. The van der Waals surface area contributed by atoms with Crippen molar-refractivity contribution >= 4 is 17.6 Å². The molecule has 0 N–H and O–H groups in total. The first-order chi connectivity index (χ1) is 7.69. The minimum absolute atomic E-state index is 0.373. The van der Waals surface area contributed by atoms with Crippen LogP contribution in [0.5, 0.6) is 5.75 Å². The second kappa shape index (κ2) is 6.38. The van der Waals surface area contributed by atoms with Crippen molar-refractivity contribution in [3.05, 3.63) is 28.8 Å². The van der Waals surface area contributed by atoms with E-state index < -0.39 is 0 Å². The van der Waals surface area contributed by atoms with Crippen molar-refractivity contribution in [1.82, 2.24) is 0 Å². The van der Waals surface area contributed by atoms with Gasteiger partial charge in [-0.25, -0.2) is 4.79 Å². The number of benzene rings is 1. The normalized spacial score (nSPS) is 9.94. The lowest BCUT2D eigenvalue weighted by Crippen LogP contribution is -2.08. The number of methoxy groups -OCH3 is 1. The van der Waals surface area contributed by atoms with Crippen LogP contribution in [0, 0.1) is 0 Å². The Morgan fingerprint density at radius 2 is 2.19 bits per heavy atom. The van der Waals surface area contributed by atoms with E-state index in [1.165, 1.54) is 7.11 Å². The van der Waals surface area contributed by atoms with E-state index >= 15 is 0 Å². The average molecular weight is 243 g/mol. The van der Waals surface area contributed by atoms with E-state index in [2.05, 4.69) is 0 Å². The number of hydrogen-bond donors (Lipinski definition) is 0. The van der Waals surface area contributed by atoms with Gasteiger partial charge in [0.2, 0.25) is 0 Å². The Morgan fingerprint density at radius 1 is 1.44 bits per heavy atom. The van der Waals surface area contributed by atoms with Gasteiger partial charge < -0.3 is 9.47 Å². The lowest BCUT2D eigenvalue weighted by Gasteiger charge is -2.08. The number of unbranched alkanes of at least 4 members (excludes halogenated alkanes) is 1. The Balaban J connectivity index is 2.74. The smallest absolute Gasteiger partial charge is 0.341 e. The van der Waals surface area contributed by atoms with Crippen LogP contribution in [0.3, 0.4) is 0 Å². The van der Waals surface area contributed by atoms with Crippen LogP contribution < -0.4 is 4.74 Å². The lowest BCUT2D eigenvalue weighted by atomic mass is 10.2. The van der Waals surface area contributed by atoms with Crippen molar-refractivity contribution in [3.8, 4) is 5.75 Å². The number of carbonyl (C=O) groups excluding carboxylic acids is 1. The SMILES string of the molecule is CCCCOC(=O)c1ccc(Cl)cc1OC. The maximum Gasteiger partial charge on any atom is 0.341 e. The molecule has 0 heterocycles. The van der Waals surface area contributed by atoms with Crippen LogP contribution in [0.2, 0.25) is 5.02 Å². The number of carbonyl (C=O) groups is 1. The molecule has 16 heavy (non-hydrogen) atoms. The zero-order valence-corrected chi connectivity index (χ0v) is 10.2. The zero-order chi connectivity index (χ0) is 12.0. The molecule has 88 valence electrons. The number of hydrogen-bond acceptors (Lipinski definition) is 3. The summed E-state index contributed by atoms with van der Waals surface area (Å²) in [4.78, 5) is 11.7. The molecule has 0 amide bonds. The van der Waals surface area contributed by atoms with Crippen LogP contribution in [0.1, 0.15) is 30.1 Å². The van der Waals surface area contributed by atoms with Gasteiger partial charge in [-0.05, 0) is 24.6 Å². The van der Waals surface area contributed by atoms with E-state index in [0.717, 1.165) is 12.8 Å². The monoisotopic (exact) mass is 242 g/mol. The minimum Gasteiger partial charge on any atom is -0.496 e. The van der Waals surface area contributed by atoms with E-state index in [-0.39, 0.29) is 5.97 Å². The molecule has 0 aliphatic carbocycles. The van der Waals surface area contributed by atoms with Crippen LogP contribution in [-0.4, -0.2) is 19.7 Å². The molecule has 0 unspecified atom stereocenters. The van der Waals surface area contributed by atoms with Gasteiger partial charge in [0.25, 0.3) is 0 Å². The van der Waals surface area contributed by atoms with Crippen molar-refractivity contribution in [2.45, 2.75) is 19.8 Å². The summed E-state index contributed by atoms with van der Waals surface area (Å²) < 4.78 is 10.2. The minimum atomic E-state index is -0.373. The zero-order valence-electron chi connectivity index (χ0n) is 9.46. The van der Waals surface area contributed by atoms with E-state index in [1.807, 2.05) is 6.92 Å². The van der Waals surface area contributed by atoms with E-state index in [1.54, 1.807) is 18.2 Å². The molecule has 0 aliphatic heterocycles. The summed E-state index contributed by atoms with van der Waals surface area (Å²) in [5.74, 6) is 0.0657. The average Bonchev–Trinajstić information content (AvgIpc) is 2.29. The second-order valence-corrected chi connectivity index (χ2v) is 3.77. The Labute approximate surface area is 100 Å². The van der Waals surface area contributed by atoms with Gasteiger partial charge in [0.05, 0.1) is 13.7 Å². The summed E-state index contributed by atoms with van der Waals surface area (Å²) in [5.41, 5.74) is 0.406. The summed E-state index contributed by atoms with van der Waals surface area (Å²) in [6.45, 7) is 2.47. The number of ether oxygens (including phenoxy) is 2. The molecule has 1 aromatic carbocycles.